The van der Waals surface area contributed by atoms with Crippen molar-refractivity contribution in [1.29, 1.82) is 0 Å². The molecule has 0 spiro atoms. The third-order valence-corrected chi connectivity index (χ3v) is 7.35. The van der Waals surface area contributed by atoms with Crippen molar-refractivity contribution in [2.75, 3.05) is 32.9 Å². The number of aliphatic hydroxyl groups is 2. The highest BCUT2D eigenvalue weighted by molar-refractivity contribution is 5.96. The number of carboxylic acids is 2. The van der Waals surface area contributed by atoms with Crippen molar-refractivity contribution in [1.82, 2.24) is 4.90 Å². The SMILES string of the molecule is CC1=C(c2cccc(O)c2)C(c2ccc(OCCN3CC(CF)C3)cc2)Oc2ccc(O)cc21.O=C(O)C(O)C(O)C(=O)O. The van der Waals surface area contributed by atoms with E-state index in [9.17, 15) is 24.2 Å². The van der Waals surface area contributed by atoms with Gasteiger partial charge in [-0.1, -0.05) is 24.3 Å². The minimum atomic E-state index is -2.27. The van der Waals surface area contributed by atoms with E-state index in [-0.39, 0.29) is 30.2 Å². The van der Waals surface area contributed by atoms with Crippen molar-refractivity contribution in [3.63, 3.8) is 0 Å². The second kappa shape index (κ2) is 14.2. The Kier molecular flexibility index (Phi) is 10.4. The van der Waals surface area contributed by atoms with E-state index < -0.39 is 24.1 Å². The summed E-state index contributed by atoms with van der Waals surface area (Å²) in [4.78, 5) is 21.7. The number of likely N-dealkylation sites (tertiary alicyclic amines) is 1. The molecule has 44 heavy (non-hydrogen) atoms. The van der Waals surface area contributed by atoms with E-state index in [0.717, 1.165) is 53.2 Å². The number of allylic oxidation sites excluding steroid dienone is 1. The number of alkyl halides is 1. The van der Waals surface area contributed by atoms with Crippen LogP contribution >= 0.6 is 0 Å². The first-order valence-electron chi connectivity index (χ1n) is 13.8. The van der Waals surface area contributed by atoms with E-state index in [2.05, 4.69) is 4.90 Å². The highest BCUT2D eigenvalue weighted by Gasteiger charge is 2.31. The molecule has 0 amide bonds. The zero-order valence-electron chi connectivity index (χ0n) is 23.8. The topological polar surface area (TPSA) is 177 Å². The Morgan fingerprint density at radius 1 is 0.955 bits per heavy atom. The lowest BCUT2D eigenvalue weighted by atomic mass is 9.86. The van der Waals surface area contributed by atoms with Crippen LogP contribution in [-0.2, 0) is 9.59 Å². The monoisotopic (exact) mass is 611 g/mol. The van der Waals surface area contributed by atoms with Crippen LogP contribution in [0.4, 0.5) is 4.39 Å². The Hall–Kier alpha value is -4.65. The lowest BCUT2D eigenvalue weighted by Crippen LogP contribution is -2.49. The van der Waals surface area contributed by atoms with Gasteiger partial charge in [-0.3, -0.25) is 9.29 Å². The number of aliphatic carboxylic acids is 2. The fourth-order valence-electron chi connectivity index (χ4n) is 4.98. The number of rotatable bonds is 10. The summed E-state index contributed by atoms with van der Waals surface area (Å²) in [6.07, 6.45) is -4.92. The zero-order chi connectivity index (χ0) is 32.0. The summed E-state index contributed by atoms with van der Waals surface area (Å²) in [6, 6.07) is 20.1. The maximum Gasteiger partial charge on any atom is 0.335 e. The second-order valence-electron chi connectivity index (χ2n) is 10.5. The molecular weight excluding hydrogens is 577 g/mol. The molecule has 5 rings (SSSR count). The number of carboxylic acid groups (broad SMARTS) is 2. The van der Waals surface area contributed by atoms with Crippen LogP contribution in [0.5, 0.6) is 23.0 Å². The molecule has 234 valence electrons. The number of aromatic hydroxyl groups is 2. The molecule has 2 aliphatic rings. The van der Waals surface area contributed by atoms with Gasteiger partial charge in [-0.05, 0) is 66.1 Å². The minimum absolute atomic E-state index is 0.176. The van der Waals surface area contributed by atoms with Crippen LogP contribution in [0.25, 0.3) is 11.1 Å². The number of ether oxygens (including phenoxy) is 2. The number of phenolic OH excluding ortho intramolecular Hbond substituents is 2. The van der Waals surface area contributed by atoms with E-state index >= 15 is 0 Å². The highest BCUT2D eigenvalue weighted by atomic mass is 19.1. The fourth-order valence-corrected chi connectivity index (χ4v) is 4.98. The Morgan fingerprint density at radius 2 is 1.59 bits per heavy atom. The number of carbonyl (C=O) groups is 2. The maximum atomic E-state index is 12.6. The summed E-state index contributed by atoms with van der Waals surface area (Å²) >= 11 is 0. The summed E-state index contributed by atoms with van der Waals surface area (Å²) in [5.41, 5.74) is 4.56. The van der Waals surface area contributed by atoms with Gasteiger partial charge in [0.25, 0.3) is 0 Å². The highest BCUT2D eigenvalue weighted by Crippen LogP contribution is 2.47. The number of hydrogen-bond donors (Lipinski definition) is 6. The predicted molar refractivity (Wildman–Crippen MR) is 157 cm³/mol. The molecule has 0 aromatic heterocycles. The van der Waals surface area contributed by atoms with E-state index in [1.807, 2.05) is 43.3 Å². The summed E-state index contributed by atoms with van der Waals surface area (Å²) in [7, 11) is 0. The standard InChI is InChI=1S/C28H28FNO4.C4H6O6/c1-18-25-14-23(32)7-10-26(25)34-28(27(18)21-3-2-4-22(31)13-21)20-5-8-24(9-6-20)33-12-11-30-16-19(15-29)17-30;5-1(3(7)8)2(6)4(9)10/h2-10,13-14,19,28,31-32H,11-12,15-17H2,1H3;1-2,5-6H,(H,7,8)(H,9,10). The van der Waals surface area contributed by atoms with Crippen molar-refractivity contribution >= 4 is 23.1 Å². The number of benzene rings is 3. The van der Waals surface area contributed by atoms with Crippen LogP contribution in [-0.4, -0.2) is 92.6 Å². The van der Waals surface area contributed by atoms with Gasteiger partial charge in [-0.25, -0.2) is 9.59 Å². The lowest BCUT2D eigenvalue weighted by Gasteiger charge is -2.37. The number of fused-ring (bicyclic) bond motifs is 1. The van der Waals surface area contributed by atoms with Crippen LogP contribution in [0.3, 0.4) is 0 Å². The average Bonchev–Trinajstić information content (AvgIpc) is 2.98. The smallest absolute Gasteiger partial charge is 0.335 e. The maximum absolute atomic E-state index is 12.6. The van der Waals surface area contributed by atoms with Gasteiger partial charge in [-0.2, -0.15) is 0 Å². The Balaban J connectivity index is 0.000000382. The van der Waals surface area contributed by atoms with Crippen molar-refractivity contribution in [3.8, 4) is 23.0 Å². The molecule has 11 nitrogen and oxygen atoms in total. The van der Waals surface area contributed by atoms with Gasteiger partial charge < -0.3 is 40.1 Å². The van der Waals surface area contributed by atoms with Crippen LogP contribution in [0.2, 0.25) is 0 Å². The molecule has 0 radical (unpaired) electrons. The summed E-state index contributed by atoms with van der Waals surface area (Å²) in [5, 5.41) is 52.6. The molecule has 3 atom stereocenters. The van der Waals surface area contributed by atoms with Gasteiger partial charge in [0.15, 0.2) is 12.2 Å². The first-order valence-corrected chi connectivity index (χ1v) is 13.8. The number of phenols is 2. The molecule has 0 aliphatic carbocycles. The van der Waals surface area contributed by atoms with Gasteiger partial charge >= 0.3 is 11.9 Å². The lowest BCUT2D eigenvalue weighted by molar-refractivity contribution is -0.165. The van der Waals surface area contributed by atoms with E-state index in [1.165, 1.54) is 0 Å². The van der Waals surface area contributed by atoms with Gasteiger partial charge in [0, 0.05) is 36.7 Å². The second-order valence-corrected chi connectivity index (χ2v) is 10.5. The van der Waals surface area contributed by atoms with E-state index in [4.69, 9.17) is 29.9 Å². The quantitative estimate of drug-likeness (QED) is 0.198. The number of nitrogens with zero attached hydrogens (tertiary/aromatic N) is 1. The van der Waals surface area contributed by atoms with Crippen LogP contribution in [0.15, 0.2) is 66.7 Å². The summed E-state index contributed by atoms with van der Waals surface area (Å²) < 4.78 is 24.9. The molecule has 2 aliphatic heterocycles. The number of hydrogen-bond acceptors (Lipinski definition) is 9. The summed E-state index contributed by atoms with van der Waals surface area (Å²) in [5.74, 6) is -1.53. The normalized spacial score (nSPS) is 17.7. The van der Waals surface area contributed by atoms with E-state index in [0.29, 0.717) is 12.4 Å². The summed E-state index contributed by atoms with van der Waals surface area (Å²) in [6.45, 7) is 4.72. The molecule has 12 heteroatoms. The number of aliphatic hydroxyl groups excluding tert-OH is 2. The largest absolute Gasteiger partial charge is 0.508 e. The molecule has 3 aromatic rings. The molecule has 2 heterocycles. The molecule has 1 saturated heterocycles. The fraction of sp³-hybridized carbons (Fsp3) is 0.312. The Bertz CT molecular complexity index is 1490. The molecule has 6 N–H and O–H groups in total. The van der Waals surface area contributed by atoms with Crippen molar-refractivity contribution < 1.29 is 54.1 Å². The third kappa shape index (κ3) is 7.64. The molecular formula is C32H34FNO10. The first-order chi connectivity index (χ1) is 21.0. The van der Waals surface area contributed by atoms with Gasteiger partial charge in [0.05, 0.1) is 6.67 Å². The van der Waals surface area contributed by atoms with Crippen molar-refractivity contribution in [3.05, 3.63) is 83.4 Å². The van der Waals surface area contributed by atoms with Gasteiger partial charge in [0.2, 0.25) is 0 Å². The molecule has 0 bridgehead atoms. The van der Waals surface area contributed by atoms with Crippen LogP contribution in [0, 0.1) is 5.92 Å². The van der Waals surface area contributed by atoms with E-state index in [1.54, 1.807) is 30.3 Å². The van der Waals surface area contributed by atoms with Gasteiger partial charge in [-0.15, -0.1) is 0 Å². The molecule has 3 aromatic carbocycles. The minimum Gasteiger partial charge on any atom is -0.508 e. The molecule has 3 unspecified atom stereocenters. The van der Waals surface area contributed by atoms with Crippen molar-refractivity contribution in [2.24, 2.45) is 5.92 Å². The zero-order valence-corrected chi connectivity index (χ0v) is 23.8. The first kappa shape index (κ1) is 32.3. The van der Waals surface area contributed by atoms with Crippen molar-refractivity contribution in [2.45, 2.75) is 25.2 Å². The van der Waals surface area contributed by atoms with Crippen LogP contribution in [0.1, 0.15) is 29.7 Å². The average molecular weight is 612 g/mol. The van der Waals surface area contributed by atoms with Gasteiger partial charge in [0.1, 0.15) is 35.7 Å². The number of halogens is 1. The third-order valence-electron chi connectivity index (χ3n) is 7.35. The van der Waals surface area contributed by atoms with Crippen LogP contribution < -0.4 is 9.47 Å². The Morgan fingerprint density at radius 3 is 2.18 bits per heavy atom. The molecule has 0 saturated carbocycles. The Labute approximate surface area is 252 Å². The molecule has 1 fully saturated rings. The predicted octanol–water partition coefficient (Wildman–Crippen LogP) is 3.32.